The molecule has 2 N–H and O–H groups in total. The van der Waals surface area contributed by atoms with Crippen molar-refractivity contribution in [1.29, 1.82) is 0 Å². The number of carbonyl (C=O) groups is 1. The van der Waals surface area contributed by atoms with E-state index >= 15 is 0 Å². The van der Waals surface area contributed by atoms with Gasteiger partial charge in [-0.25, -0.2) is 9.78 Å². The Morgan fingerprint density at radius 3 is 2.73 bits per heavy atom. The molecule has 0 radical (unpaired) electrons. The van der Waals surface area contributed by atoms with Crippen molar-refractivity contribution in [3.05, 3.63) is 22.4 Å². The second kappa shape index (κ2) is 2.87. The Morgan fingerprint density at radius 1 is 1.64 bits per heavy atom. The van der Waals surface area contributed by atoms with E-state index in [9.17, 15) is 4.79 Å². The molecular formula is C6H4BrNO3. The number of carboxylic acid groups (broad SMARTS) is 1. The normalized spacial score (nSPS) is 9.55. The molecule has 11 heavy (non-hydrogen) atoms. The second-order valence-electron chi connectivity index (χ2n) is 1.80. The molecule has 0 aliphatic heterocycles. The van der Waals surface area contributed by atoms with Gasteiger partial charge in [0.2, 0.25) is 0 Å². The van der Waals surface area contributed by atoms with Crippen LogP contribution >= 0.6 is 15.9 Å². The van der Waals surface area contributed by atoms with E-state index in [1.54, 1.807) is 0 Å². The molecular weight excluding hydrogens is 214 g/mol. The topological polar surface area (TPSA) is 70.4 Å². The molecule has 0 unspecified atom stereocenters. The van der Waals surface area contributed by atoms with Crippen LogP contribution in [0.1, 0.15) is 10.4 Å². The smallest absolute Gasteiger partial charge is 0.339 e. The Balaban J connectivity index is 3.27. The summed E-state index contributed by atoms with van der Waals surface area (Å²) < 4.78 is 0.136. The van der Waals surface area contributed by atoms with Gasteiger partial charge in [-0.2, -0.15) is 0 Å². The molecule has 58 valence electrons. The summed E-state index contributed by atoms with van der Waals surface area (Å²) in [7, 11) is 0. The Labute approximate surface area is 70.6 Å². The van der Waals surface area contributed by atoms with Crippen molar-refractivity contribution in [2.45, 2.75) is 0 Å². The minimum Gasteiger partial charge on any atom is -0.504 e. The maximum Gasteiger partial charge on any atom is 0.339 e. The van der Waals surface area contributed by atoms with Crippen LogP contribution in [0, 0.1) is 0 Å². The summed E-state index contributed by atoms with van der Waals surface area (Å²) in [6.45, 7) is 0. The number of pyridine rings is 1. The number of carboxylic acids is 1. The molecule has 0 atom stereocenters. The summed E-state index contributed by atoms with van der Waals surface area (Å²) in [5.41, 5.74) is -0.160. The van der Waals surface area contributed by atoms with Gasteiger partial charge < -0.3 is 10.2 Å². The van der Waals surface area contributed by atoms with Crippen LogP contribution < -0.4 is 0 Å². The molecule has 1 aromatic heterocycles. The lowest BCUT2D eigenvalue weighted by Crippen LogP contribution is -1.97. The molecule has 1 heterocycles. The average Bonchev–Trinajstić information content (AvgIpc) is 1.94. The first kappa shape index (κ1) is 8.00. The van der Waals surface area contributed by atoms with E-state index in [2.05, 4.69) is 20.9 Å². The number of rotatable bonds is 1. The molecule has 4 nitrogen and oxygen atoms in total. The van der Waals surface area contributed by atoms with Gasteiger partial charge in [0.25, 0.3) is 0 Å². The number of nitrogens with zero attached hydrogens (tertiary/aromatic N) is 1. The van der Waals surface area contributed by atoms with Crippen LogP contribution in [0.4, 0.5) is 0 Å². The largest absolute Gasteiger partial charge is 0.504 e. The van der Waals surface area contributed by atoms with E-state index in [1.165, 1.54) is 12.3 Å². The molecule has 0 amide bonds. The van der Waals surface area contributed by atoms with E-state index in [-0.39, 0.29) is 15.9 Å². The predicted molar refractivity (Wildman–Crippen MR) is 40.6 cm³/mol. The zero-order chi connectivity index (χ0) is 8.43. The zero-order valence-corrected chi connectivity index (χ0v) is 6.87. The summed E-state index contributed by atoms with van der Waals surface area (Å²) in [4.78, 5) is 14.0. The molecule has 0 saturated heterocycles. The number of hydrogen-bond acceptors (Lipinski definition) is 3. The van der Waals surface area contributed by atoms with Crippen LogP contribution in [0.25, 0.3) is 0 Å². The van der Waals surface area contributed by atoms with Crippen molar-refractivity contribution in [3.8, 4) is 5.75 Å². The van der Waals surface area contributed by atoms with Gasteiger partial charge in [0, 0.05) is 6.20 Å². The van der Waals surface area contributed by atoms with Crippen LogP contribution in [-0.4, -0.2) is 21.2 Å². The lowest BCUT2D eigenvalue weighted by molar-refractivity contribution is 0.0693. The third-order valence-corrected chi connectivity index (χ3v) is 1.69. The minimum absolute atomic E-state index is 0.136. The standard InChI is InChI=1S/C6H4BrNO3/c7-5-4(9)3(6(10)11)1-2-8-5/h1-2,9H,(H,10,11). The van der Waals surface area contributed by atoms with Gasteiger partial charge in [0.15, 0.2) is 5.75 Å². The van der Waals surface area contributed by atoms with E-state index in [0.717, 1.165) is 0 Å². The van der Waals surface area contributed by atoms with E-state index in [1.807, 2.05) is 0 Å². The van der Waals surface area contributed by atoms with Crippen molar-refractivity contribution in [3.63, 3.8) is 0 Å². The number of aromatic hydroxyl groups is 1. The summed E-state index contributed by atoms with van der Waals surface area (Å²) in [5.74, 6) is -1.52. The molecule has 0 aromatic carbocycles. The van der Waals surface area contributed by atoms with Crippen LogP contribution in [0.5, 0.6) is 5.75 Å². The third kappa shape index (κ3) is 1.48. The van der Waals surface area contributed by atoms with Crippen LogP contribution in [-0.2, 0) is 0 Å². The van der Waals surface area contributed by atoms with Crippen LogP contribution in [0.2, 0.25) is 0 Å². The van der Waals surface area contributed by atoms with Gasteiger partial charge >= 0.3 is 5.97 Å². The minimum atomic E-state index is -1.18. The second-order valence-corrected chi connectivity index (χ2v) is 2.55. The van der Waals surface area contributed by atoms with Crippen molar-refractivity contribution < 1.29 is 15.0 Å². The highest BCUT2D eigenvalue weighted by Gasteiger charge is 2.11. The van der Waals surface area contributed by atoms with Crippen LogP contribution in [0.15, 0.2) is 16.9 Å². The van der Waals surface area contributed by atoms with Gasteiger partial charge in [0.05, 0.1) is 0 Å². The van der Waals surface area contributed by atoms with Crippen molar-refractivity contribution in [2.24, 2.45) is 0 Å². The van der Waals surface area contributed by atoms with Crippen LogP contribution in [0.3, 0.4) is 0 Å². The lowest BCUT2D eigenvalue weighted by atomic mass is 10.2. The molecule has 0 bridgehead atoms. The number of aromatic carboxylic acids is 1. The summed E-state index contributed by atoms with van der Waals surface area (Å²) in [6.07, 6.45) is 1.30. The fraction of sp³-hybridized carbons (Fsp3) is 0. The molecule has 1 aromatic rings. The number of halogens is 1. The third-order valence-electron chi connectivity index (χ3n) is 1.11. The average molecular weight is 218 g/mol. The molecule has 0 fully saturated rings. The first-order chi connectivity index (χ1) is 5.13. The molecule has 5 heteroatoms. The lowest BCUT2D eigenvalue weighted by Gasteiger charge is -1.98. The Bertz CT molecular complexity index is 300. The highest BCUT2D eigenvalue weighted by Crippen LogP contribution is 2.24. The highest BCUT2D eigenvalue weighted by atomic mass is 79.9. The molecule has 0 aliphatic carbocycles. The van der Waals surface area contributed by atoms with E-state index in [4.69, 9.17) is 10.2 Å². The van der Waals surface area contributed by atoms with Crippen molar-refractivity contribution >= 4 is 21.9 Å². The van der Waals surface area contributed by atoms with Gasteiger partial charge in [-0.1, -0.05) is 0 Å². The zero-order valence-electron chi connectivity index (χ0n) is 5.28. The fourth-order valence-electron chi connectivity index (χ4n) is 0.601. The SMILES string of the molecule is O=C(O)c1ccnc(Br)c1O. The Morgan fingerprint density at radius 2 is 2.27 bits per heavy atom. The number of aromatic nitrogens is 1. The Hall–Kier alpha value is -1.10. The number of hydrogen-bond donors (Lipinski definition) is 2. The molecule has 1 rings (SSSR count). The van der Waals surface area contributed by atoms with Crippen molar-refractivity contribution in [1.82, 2.24) is 4.98 Å². The quantitative estimate of drug-likeness (QED) is 0.695. The highest BCUT2D eigenvalue weighted by molar-refractivity contribution is 9.10. The summed E-state index contributed by atoms with van der Waals surface area (Å²) in [6, 6.07) is 1.22. The molecule has 0 aliphatic rings. The molecule has 0 saturated carbocycles. The first-order valence-corrected chi connectivity index (χ1v) is 3.49. The Kier molecular flexibility index (Phi) is 2.09. The predicted octanol–water partition coefficient (Wildman–Crippen LogP) is 1.25. The summed E-state index contributed by atoms with van der Waals surface area (Å²) in [5, 5.41) is 17.6. The maximum atomic E-state index is 10.4. The molecule has 0 spiro atoms. The summed E-state index contributed by atoms with van der Waals surface area (Å²) >= 11 is 2.89. The monoisotopic (exact) mass is 217 g/mol. The van der Waals surface area contributed by atoms with Gasteiger partial charge in [-0.15, -0.1) is 0 Å². The van der Waals surface area contributed by atoms with Gasteiger partial charge in [-0.05, 0) is 22.0 Å². The van der Waals surface area contributed by atoms with E-state index in [0.29, 0.717) is 0 Å². The van der Waals surface area contributed by atoms with Gasteiger partial charge in [-0.3, -0.25) is 0 Å². The first-order valence-electron chi connectivity index (χ1n) is 2.69. The van der Waals surface area contributed by atoms with Gasteiger partial charge in [0.1, 0.15) is 10.2 Å². The van der Waals surface area contributed by atoms with E-state index < -0.39 is 5.97 Å². The van der Waals surface area contributed by atoms with Crippen molar-refractivity contribution in [2.75, 3.05) is 0 Å². The fourth-order valence-corrected chi connectivity index (χ4v) is 0.933. The maximum absolute atomic E-state index is 10.4.